The third kappa shape index (κ3) is 5.83. The number of esters is 2. The molecule has 0 amide bonds. The van der Waals surface area contributed by atoms with Crippen LogP contribution in [0.25, 0.3) is 0 Å². The van der Waals surface area contributed by atoms with Gasteiger partial charge < -0.3 is 9.47 Å². The average molecular weight is 381 g/mol. The predicted molar refractivity (Wildman–Crippen MR) is 89.0 cm³/mol. The topological polar surface area (TPSA) is 69.7 Å². The first-order chi connectivity index (χ1) is 10.9. The lowest BCUT2D eigenvalue weighted by atomic mass is 10.0. The minimum atomic E-state index is -0.617. The van der Waals surface area contributed by atoms with E-state index in [1.165, 1.54) is 20.3 Å². The molecule has 0 saturated carbocycles. The van der Waals surface area contributed by atoms with E-state index in [1.54, 1.807) is 24.3 Å². The van der Waals surface area contributed by atoms with Gasteiger partial charge in [0, 0.05) is 21.2 Å². The highest BCUT2D eigenvalue weighted by molar-refractivity contribution is 9.10. The van der Waals surface area contributed by atoms with Gasteiger partial charge in [-0.1, -0.05) is 22.5 Å². The van der Waals surface area contributed by atoms with Gasteiger partial charge in [-0.2, -0.15) is 0 Å². The molecule has 0 saturated heterocycles. The van der Waals surface area contributed by atoms with E-state index in [-0.39, 0.29) is 29.8 Å². The quantitative estimate of drug-likeness (QED) is 0.412. The number of methoxy groups -OCH3 is 2. The van der Waals surface area contributed by atoms with E-state index in [9.17, 15) is 14.4 Å². The Labute approximate surface area is 143 Å². The first kappa shape index (κ1) is 18.8. The average Bonchev–Trinajstić information content (AvgIpc) is 2.57. The molecule has 0 N–H and O–H groups in total. The van der Waals surface area contributed by atoms with Crippen molar-refractivity contribution in [3.63, 3.8) is 0 Å². The summed E-state index contributed by atoms with van der Waals surface area (Å²) in [5.74, 6) is -1.48. The Hall–Kier alpha value is -2.21. The number of rotatable bonds is 7. The van der Waals surface area contributed by atoms with Crippen LogP contribution < -0.4 is 0 Å². The van der Waals surface area contributed by atoms with Crippen LogP contribution in [0.5, 0.6) is 0 Å². The summed E-state index contributed by atoms with van der Waals surface area (Å²) < 4.78 is 10.1. The molecule has 0 unspecified atom stereocenters. The van der Waals surface area contributed by atoms with Crippen LogP contribution in [-0.2, 0) is 19.1 Å². The molecule has 1 rings (SSSR count). The lowest BCUT2D eigenvalue weighted by Crippen LogP contribution is -2.10. The number of hydrogen-bond acceptors (Lipinski definition) is 5. The van der Waals surface area contributed by atoms with E-state index < -0.39 is 11.9 Å². The molecule has 0 aliphatic carbocycles. The zero-order valence-corrected chi connectivity index (χ0v) is 14.5. The smallest absolute Gasteiger partial charge is 0.333 e. The molecule has 0 aliphatic heterocycles. The molecule has 23 heavy (non-hydrogen) atoms. The fourth-order valence-electron chi connectivity index (χ4n) is 1.75. The molecule has 0 aromatic heterocycles. The number of carbonyl (C=O) groups excluding carboxylic acids is 3. The number of halogens is 1. The number of hydrogen-bond donors (Lipinski definition) is 0. The van der Waals surface area contributed by atoms with Gasteiger partial charge in [-0.3, -0.25) is 4.79 Å². The maximum absolute atomic E-state index is 12.2. The number of carbonyl (C=O) groups is 3. The molecule has 0 radical (unpaired) electrons. The maximum Gasteiger partial charge on any atom is 0.333 e. The predicted octanol–water partition coefficient (Wildman–Crippen LogP) is 3.24. The molecule has 0 atom stereocenters. The molecular formula is C17H17BrO5. The van der Waals surface area contributed by atoms with Crippen molar-refractivity contribution in [1.29, 1.82) is 0 Å². The molecule has 0 fully saturated rings. The third-order valence-electron chi connectivity index (χ3n) is 3.05. The number of ether oxygens (including phenoxy) is 2. The van der Waals surface area contributed by atoms with Crippen LogP contribution in [0.3, 0.4) is 0 Å². The number of benzene rings is 1. The summed E-state index contributed by atoms with van der Waals surface area (Å²) in [6.45, 7) is 3.59. The zero-order valence-electron chi connectivity index (χ0n) is 12.9. The first-order valence-electron chi connectivity index (χ1n) is 6.74. The SMILES string of the molecule is C=C(CC/C(=C\C(=O)c1ccc(Br)cc1)C(=O)OC)C(=O)OC. The van der Waals surface area contributed by atoms with Crippen LogP contribution in [0.15, 0.2) is 52.5 Å². The summed E-state index contributed by atoms with van der Waals surface area (Å²) in [6.07, 6.45) is 1.57. The highest BCUT2D eigenvalue weighted by atomic mass is 79.9. The van der Waals surface area contributed by atoms with Crippen molar-refractivity contribution in [2.45, 2.75) is 12.8 Å². The van der Waals surface area contributed by atoms with E-state index >= 15 is 0 Å². The first-order valence-corrected chi connectivity index (χ1v) is 7.53. The van der Waals surface area contributed by atoms with E-state index in [0.29, 0.717) is 5.56 Å². The van der Waals surface area contributed by atoms with Gasteiger partial charge >= 0.3 is 11.9 Å². The summed E-state index contributed by atoms with van der Waals surface area (Å²) in [6, 6.07) is 6.76. The lowest BCUT2D eigenvalue weighted by molar-refractivity contribution is -0.137. The van der Waals surface area contributed by atoms with Crippen molar-refractivity contribution in [3.8, 4) is 0 Å². The van der Waals surface area contributed by atoms with Crippen molar-refractivity contribution < 1.29 is 23.9 Å². The third-order valence-corrected chi connectivity index (χ3v) is 3.58. The molecule has 122 valence electrons. The van der Waals surface area contributed by atoms with Crippen molar-refractivity contribution in [3.05, 3.63) is 58.1 Å². The minimum absolute atomic E-state index is 0.156. The molecule has 0 bridgehead atoms. The Morgan fingerprint density at radius 2 is 1.61 bits per heavy atom. The molecular weight excluding hydrogens is 364 g/mol. The van der Waals surface area contributed by atoms with Gasteiger partial charge in [0.05, 0.1) is 14.2 Å². The molecule has 6 heteroatoms. The van der Waals surface area contributed by atoms with E-state index in [2.05, 4.69) is 32.0 Å². The molecule has 1 aromatic rings. The summed E-state index contributed by atoms with van der Waals surface area (Å²) in [5, 5.41) is 0. The highest BCUT2D eigenvalue weighted by Gasteiger charge is 2.15. The fraction of sp³-hybridized carbons (Fsp3) is 0.235. The summed E-state index contributed by atoms with van der Waals surface area (Å²) in [5.41, 5.74) is 0.838. The van der Waals surface area contributed by atoms with Crippen molar-refractivity contribution in [2.75, 3.05) is 14.2 Å². The van der Waals surface area contributed by atoms with Crippen LogP contribution >= 0.6 is 15.9 Å². The van der Waals surface area contributed by atoms with Crippen molar-refractivity contribution in [1.82, 2.24) is 0 Å². The Bertz CT molecular complexity index is 643. The van der Waals surface area contributed by atoms with Gasteiger partial charge in [-0.05, 0) is 43.2 Å². The Kier molecular flexibility index (Phi) is 7.41. The summed E-state index contributed by atoms with van der Waals surface area (Å²) >= 11 is 3.29. The second-order valence-electron chi connectivity index (χ2n) is 4.63. The standard InChI is InChI=1S/C17H17BrO5/c1-11(16(20)22-2)4-5-13(17(21)23-3)10-15(19)12-6-8-14(18)9-7-12/h6-10H,1,4-5H2,2-3H3/b13-10+. The molecule has 0 heterocycles. The second-order valence-corrected chi connectivity index (χ2v) is 5.54. The second kappa shape index (κ2) is 9.05. The van der Waals surface area contributed by atoms with E-state index in [4.69, 9.17) is 0 Å². The summed E-state index contributed by atoms with van der Waals surface area (Å²) in [7, 11) is 2.48. The van der Waals surface area contributed by atoms with Gasteiger partial charge in [-0.15, -0.1) is 0 Å². The van der Waals surface area contributed by atoms with Crippen molar-refractivity contribution in [2.24, 2.45) is 0 Å². The van der Waals surface area contributed by atoms with Crippen LogP contribution in [-0.4, -0.2) is 31.9 Å². The Balaban J connectivity index is 2.90. The monoisotopic (exact) mass is 380 g/mol. The van der Waals surface area contributed by atoms with Gasteiger partial charge in [0.15, 0.2) is 5.78 Å². The number of ketones is 1. The van der Waals surface area contributed by atoms with E-state index in [0.717, 1.165) is 4.47 Å². The highest BCUT2D eigenvalue weighted by Crippen LogP contribution is 2.16. The van der Waals surface area contributed by atoms with Crippen LogP contribution in [0, 0.1) is 0 Å². The van der Waals surface area contributed by atoms with Gasteiger partial charge in [-0.25, -0.2) is 9.59 Å². The fourth-order valence-corrected chi connectivity index (χ4v) is 2.02. The van der Waals surface area contributed by atoms with Gasteiger partial charge in [0.25, 0.3) is 0 Å². The van der Waals surface area contributed by atoms with Crippen LogP contribution in [0.2, 0.25) is 0 Å². The molecule has 5 nitrogen and oxygen atoms in total. The van der Waals surface area contributed by atoms with Crippen LogP contribution in [0.1, 0.15) is 23.2 Å². The van der Waals surface area contributed by atoms with Crippen LogP contribution in [0.4, 0.5) is 0 Å². The summed E-state index contributed by atoms with van der Waals surface area (Å²) in [4.78, 5) is 35.3. The largest absolute Gasteiger partial charge is 0.466 e. The number of allylic oxidation sites excluding steroid dienone is 1. The van der Waals surface area contributed by atoms with E-state index in [1.807, 2.05) is 0 Å². The zero-order chi connectivity index (χ0) is 17.4. The normalized spacial score (nSPS) is 10.8. The molecule has 1 aromatic carbocycles. The Morgan fingerprint density at radius 1 is 1.04 bits per heavy atom. The minimum Gasteiger partial charge on any atom is -0.466 e. The van der Waals surface area contributed by atoms with Gasteiger partial charge in [0.1, 0.15) is 0 Å². The lowest BCUT2D eigenvalue weighted by Gasteiger charge is -2.07. The maximum atomic E-state index is 12.2. The molecule has 0 spiro atoms. The molecule has 0 aliphatic rings. The Morgan fingerprint density at radius 3 is 2.13 bits per heavy atom. The van der Waals surface area contributed by atoms with Gasteiger partial charge in [0.2, 0.25) is 0 Å². The van der Waals surface area contributed by atoms with Crippen molar-refractivity contribution >= 4 is 33.7 Å².